The fourth-order valence-corrected chi connectivity index (χ4v) is 1.37. The van der Waals surface area contributed by atoms with Crippen LogP contribution in [-0.2, 0) is 28.7 Å². The summed E-state index contributed by atoms with van der Waals surface area (Å²) in [5.74, 6) is -3.56. The summed E-state index contributed by atoms with van der Waals surface area (Å²) in [5.41, 5.74) is 0. The van der Waals surface area contributed by atoms with E-state index in [4.69, 9.17) is 5.11 Å². The first-order valence-corrected chi connectivity index (χ1v) is 6.11. The number of ketones is 1. The molecule has 0 aromatic rings. The van der Waals surface area contributed by atoms with Crippen molar-refractivity contribution >= 4 is 29.5 Å². The van der Waals surface area contributed by atoms with E-state index in [9.17, 15) is 24.0 Å². The zero-order chi connectivity index (χ0) is 16.4. The van der Waals surface area contributed by atoms with Gasteiger partial charge in [0.25, 0.3) is 0 Å². The van der Waals surface area contributed by atoms with Crippen LogP contribution < -0.4 is 10.6 Å². The van der Waals surface area contributed by atoms with Crippen LogP contribution in [0.15, 0.2) is 0 Å². The van der Waals surface area contributed by atoms with Gasteiger partial charge in [0.15, 0.2) is 5.78 Å². The van der Waals surface area contributed by atoms with Crippen molar-refractivity contribution < 1.29 is 33.8 Å². The second-order valence-corrected chi connectivity index (χ2v) is 4.18. The van der Waals surface area contributed by atoms with Gasteiger partial charge in [0.05, 0.1) is 26.5 Å². The van der Waals surface area contributed by atoms with E-state index in [1.807, 2.05) is 0 Å². The molecule has 0 aliphatic heterocycles. The summed E-state index contributed by atoms with van der Waals surface area (Å²) in [7, 11) is 1.19. The average Bonchev–Trinajstić information content (AvgIpc) is 2.40. The third-order valence-corrected chi connectivity index (χ3v) is 2.37. The predicted molar refractivity (Wildman–Crippen MR) is 69.1 cm³/mol. The van der Waals surface area contributed by atoms with Crippen LogP contribution in [-0.4, -0.2) is 54.3 Å². The molecule has 0 bridgehead atoms. The SMILES string of the molecule is COC(=O)CCC(=O)CNC(=O)[C@H](CC(=O)O)NC(C)=O. The zero-order valence-electron chi connectivity index (χ0n) is 11.8. The van der Waals surface area contributed by atoms with Crippen LogP contribution in [0.4, 0.5) is 0 Å². The van der Waals surface area contributed by atoms with Crippen LogP contribution in [0.2, 0.25) is 0 Å². The van der Waals surface area contributed by atoms with Crippen molar-refractivity contribution in [1.29, 1.82) is 0 Å². The van der Waals surface area contributed by atoms with Crippen molar-refractivity contribution in [3.8, 4) is 0 Å². The highest BCUT2D eigenvalue weighted by molar-refractivity contribution is 5.93. The summed E-state index contributed by atoms with van der Waals surface area (Å²) in [4.78, 5) is 55.4. The Morgan fingerprint density at radius 3 is 2.24 bits per heavy atom. The molecule has 0 saturated heterocycles. The Morgan fingerprint density at radius 1 is 1.14 bits per heavy atom. The van der Waals surface area contributed by atoms with Gasteiger partial charge >= 0.3 is 11.9 Å². The van der Waals surface area contributed by atoms with Gasteiger partial charge < -0.3 is 20.5 Å². The summed E-state index contributed by atoms with van der Waals surface area (Å²) >= 11 is 0. The van der Waals surface area contributed by atoms with Gasteiger partial charge in [-0.1, -0.05) is 0 Å². The van der Waals surface area contributed by atoms with Gasteiger partial charge in [0.1, 0.15) is 6.04 Å². The van der Waals surface area contributed by atoms with Gasteiger partial charge in [-0.15, -0.1) is 0 Å². The number of carboxylic acids is 1. The van der Waals surface area contributed by atoms with Gasteiger partial charge in [-0.25, -0.2) is 0 Å². The molecule has 0 unspecified atom stereocenters. The Hall–Kier alpha value is -2.45. The van der Waals surface area contributed by atoms with E-state index in [-0.39, 0.29) is 19.4 Å². The van der Waals surface area contributed by atoms with E-state index in [0.717, 1.165) is 6.92 Å². The van der Waals surface area contributed by atoms with E-state index in [1.54, 1.807) is 0 Å². The fraction of sp³-hybridized carbons (Fsp3) is 0.583. The van der Waals surface area contributed by atoms with Gasteiger partial charge in [0.2, 0.25) is 11.8 Å². The lowest BCUT2D eigenvalue weighted by Gasteiger charge is -2.15. The first-order valence-electron chi connectivity index (χ1n) is 6.11. The number of carbonyl (C=O) groups is 5. The molecular weight excluding hydrogens is 284 g/mol. The number of nitrogens with one attached hydrogen (secondary N) is 2. The second kappa shape index (κ2) is 9.45. The molecule has 1 atom stereocenters. The molecule has 0 fully saturated rings. The number of aliphatic carboxylic acids is 1. The zero-order valence-corrected chi connectivity index (χ0v) is 11.8. The monoisotopic (exact) mass is 302 g/mol. The number of hydrogen-bond acceptors (Lipinski definition) is 6. The predicted octanol–water partition coefficient (Wildman–Crippen LogP) is -1.40. The third kappa shape index (κ3) is 9.14. The summed E-state index contributed by atoms with van der Waals surface area (Å²) in [5, 5.41) is 13.0. The van der Waals surface area contributed by atoms with Crippen LogP contribution in [0, 0.1) is 0 Å². The van der Waals surface area contributed by atoms with Crippen molar-refractivity contribution in [1.82, 2.24) is 10.6 Å². The molecule has 0 heterocycles. The minimum Gasteiger partial charge on any atom is -0.481 e. The minimum atomic E-state index is -1.26. The molecule has 9 nitrogen and oxygen atoms in total. The van der Waals surface area contributed by atoms with Crippen molar-refractivity contribution in [2.75, 3.05) is 13.7 Å². The fourth-order valence-electron chi connectivity index (χ4n) is 1.37. The normalized spacial score (nSPS) is 11.1. The lowest BCUT2D eigenvalue weighted by Crippen LogP contribution is -2.48. The van der Waals surface area contributed by atoms with E-state index in [0.29, 0.717) is 0 Å². The summed E-state index contributed by atoms with van der Waals surface area (Å²) < 4.78 is 4.36. The molecule has 0 aromatic carbocycles. The maximum Gasteiger partial charge on any atom is 0.305 e. The average molecular weight is 302 g/mol. The first-order chi connectivity index (χ1) is 9.76. The number of esters is 1. The highest BCUT2D eigenvalue weighted by Gasteiger charge is 2.22. The number of amides is 2. The lowest BCUT2D eigenvalue weighted by atomic mass is 10.1. The number of carboxylic acid groups (broad SMARTS) is 1. The van der Waals surface area contributed by atoms with Crippen LogP contribution in [0.3, 0.4) is 0 Å². The third-order valence-electron chi connectivity index (χ3n) is 2.37. The molecule has 0 aliphatic rings. The quantitative estimate of drug-likeness (QED) is 0.445. The Morgan fingerprint density at radius 2 is 1.76 bits per heavy atom. The molecule has 0 rings (SSSR count). The Kier molecular flexibility index (Phi) is 8.35. The van der Waals surface area contributed by atoms with Crippen LogP contribution in [0.1, 0.15) is 26.2 Å². The van der Waals surface area contributed by atoms with E-state index in [1.165, 1.54) is 7.11 Å². The van der Waals surface area contributed by atoms with Gasteiger partial charge in [-0.05, 0) is 0 Å². The van der Waals surface area contributed by atoms with Crippen molar-refractivity contribution in [3.05, 3.63) is 0 Å². The number of ether oxygens (including phenoxy) is 1. The van der Waals surface area contributed by atoms with Crippen LogP contribution >= 0.6 is 0 Å². The first kappa shape index (κ1) is 18.6. The van der Waals surface area contributed by atoms with E-state index >= 15 is 0 Å². The molecule has 0 aromatic heterocycles. The maximum atomic E-state index is 11.7. The lowest BCUT2D eigenvalue weighted by molar-refractivity contribution is -0.142. The number of carbonyl (C=O) groups excluding carboxylic acids is 4. The molecule has 0 spiro atoms. The Bertz CT molecular complexity index is 417. The molecule has 0 saturated carbocycles. The molecule has 21 heavy (non-hydrogen) atoms. The number of methoxy groups -OCH3 is 1. The molecule has 2 amide bonds. The molecule has 0 radical (unpaired) electrons. The van der Waals surface area contributed by atoms with Crippen LogP contribution in [0.25, 0.3) is 0 Å². The van der Waals surface area contributed by atoms with E-state index in [2.05, 4.69) is 15.4 Å². The maximum absolute atomic E-state index is 11.7. The van der Waals surface area contributed by atoms with Crippen molar-refractivity contribution in [3.63, 3.8) is 0 Å². The molecule has 118 valence electrons. The van der Waals surface area contributed by atoms with Gasteiger partial charge in [-0.2, -0.15) is 0 Å². The number of rotatable bonds is 9. The molecule has 3 N–H and O–H groups in total. The topological polar surface area (TPSA) is 139 Å². The minimum absolute atomic E-state index is 0.101. The van der Waals surface area contributed by atoms with Gasteiger partial charge in [-0.3, -0.25) is 24.0 Å². The van der Waals surface area contributed by atoms with Gasteiger partial charge in [0, 0.05) is 13.3 Å². The highest BCUT2D eigenvalue weighted by Crippen LogP contribution is 1.95. The molecular formula is C12H18N2O7. The molecule has 9 heteroatoms. The smallest absolute Gasteiger partial charge is 0.305 e. The van der Waals surface area contributed by atoms with Crippen LogP contribution in [0.5, 0.6) is 0 Å². The summed E-state index contributed by atoms with van der Waals surface area (Å²) in [6.07, 6.45) is -0.798. The number of Topliss-reactive ketones (excluding diaryl/α,β-unsaturated/α-hetero) is 1. The Labute approximate surface area is 121 Å². The largest absolute Gasteiger partial charge is 0.481 e. The van der Waals surface area contributed by atoms with E-state index < -0.39 is 42.0 Å². The van der Waals surface area contributed by atoms with Crippen molar-refractivity contribution in [2.45, 2.75) is 32.2 Å². The second-order valence-electron chi connectivity index (χ2n) is 4.18. The summed E-state index contributed by atoms with van der Waals surface area (Å²) in [6.45, 7) is 0.787. The number of hydrogen-bond donors (Lipinski definition) is 3. The standard InChI is InChI=1S/C12H18N2O7/c1-7(15)14-9(5-10(17)18)12(20)13-6-8(16)3-4-11(19)21-2/h9H,3-6H2,1-2H3,(H,13,20)(H,14,15)(H,17,18)/t9-/m0/s1. The Balaban J connectivity index is 4.29. The van der Waals surface area contributed by atoms with Crippen molar-refractivity contribution in [2.24, 2.45) is 0 Å². The highest BCUT2D eigenvalue weighted by atomic mass is 16.5. The summed E-state index contributed by atoms with van der Waals surface area (Å²) in [6, 6.07) is -1.26. The molecule has 0 aliphatic carbocycles.